The molecule has 1 heterocycles. The number of nitrogens with one attached hydrogen (secondary N) is 1. The second-order valence-electron chi connectivity index (χ2n) is 4.62. The molecule has 3 nitrogen and oxygen atoms in total. The number of carbonyl (C=O) groups excluding carboxylic acids is 1. The minimum absolute atomic E-state index is 0.330. The molecule has 0 saturated carbocycles. The topological polar surface area (TPSA) is 32.3 Å². The van der Waals surface area contributed by atoms with Crippen LogP contribution in [-0.4, -0.2) is 19.5 Å². The monoisotopic (exact) mass is 236 g/mol. The van der Waals surface area contributed by atoms with Crippen molar-refractivity contribution in [1.29, 1.82) is 0 Å². The number of rotatable bonds is 3. The van der Waals surface area contributed by atoms with Crippen LogP contribution in [0.1, 0.15) is 19.8 Å². The molecule has 1 fully saturated rings. The minimum Gasteiger partial charge on any atom is -0.370 e. The highest BCUT2D eigenvalue weighted by Crippen LogP contribution is 2.30. The molecule has 0 bridgehead atoms. The minimum atomic E-state index is -0.330. The normalized spacial score (nSPS) is 20.1. The summed E-state index contributed by atoms with van der Waals surface area (Å²) in [5.41, 5.74) is 1.46. The van der Waals surface area contributed by atoms with Crippen molar-refractivity contribution < 1.29 is 9.18 Å². The Hall–Kier alpha value is -1.58. The summed E-state index contributed by atoms with van der Waals surface area (Å²) in [6.45, 7) is 4.13. The van der Waals surface area contributed by atoms with Crippen LogP contribution in [-0.2, 0) is 4.79 Å². The van der Waals surface area contributed by atoms with E-state index < -0.39 is 0 Å². The van der Waals surface area contributed by atoms with Gasteiger partial charge in [-0.1, -0.05) is 6.92 Å². The third kappa shape index (κ3) is 2.75. The lowest BCUT2D eigenvalue weighted by molar-refractivity contribution is -0.105. The number of nitrogens with zero attached hydrogens (tertiary/aromatic N) is 1. The summed E-state index contributed by atoms with van der Waals surface area (Å²) in [6, 6.07) is 4.53. The van der Waals surface area contributed by atoms with Gasteiger partial charge in [-0.15, -0.1) is 0 Å². The summed E-state index contributed by atoms with van der Waals surface area (Å²) < 4.78 is 13.1. The molecule has 1 N–H and O–H groups in total. The first-order valence-electron chi connectivity index (χ1n) is 5.95. The van der Waals surface area contributed by atoms with Crippen molar-refractivity contribution in [2.24, 2.45) is 5.92 Å². The molecule has 0 aromatic heterocycles. The molecular weight excluding hydrogens is 219 g/mol. The summed E-state index contributed by atoms with van der Waals surface area (Å²) in [5.74, 6) is 0.307. The fourth-order valence-corrected chi connectivity index (χ4v) is 2.37. The van der Waals surface area contributed by atoms with E-state index >= 15 is 0 Å². The van der Waals surface area contributed by atoms with Crippen molar-refractivity contribution in [3.8, 4) is 0 Å². The lowest BCUT2D eigenvalue weighted by atomic mass is 9.99. The van der Waals surface area contributed by atoms with Gasteiger partial charge in [-0.2, -0.15) is 0 Å². The molecule has 0 aliphatic carbocycles. The largest absolute Gasteiger partial charge is 0.370 e. The highest BCUT2D eigenvalue weighted by molar-refractivity contribution is 5.81. The molecule has 1 aromatic rings. The first kappa shape index (κ1) is 11.9. The number of halogens is 1. The third-order valence-corrected chi connectivity index (χ3v) is 3.17. The van der Waals surface area contributed by atoms with Crippen molar-refractivity contribution in [2.45, 2.75) is 19.8 Å². The van der Waals surface area contributed by atoms with Crippen LogP contribution in [0.25, 0.3) is 0 Å². The zero-order valence-corrected chi connectivity index (χ0v) is 9.95. The molecule has 4 heteroatoms. The standard InChI is InChI=1S/C13H17FN2O/c1-10-3-2-6-16(8-10)13-5-4-11(14)7-12(13)15-9-17/h4-5,7,9-10H,2-3,6,8H2,1H3,(H,15,17). The summed E-state index contributed by atoms with van der Waals surface area (Å²) >= 11 is 0. The van der Waals surface area contributed by atoms with E-state index in [1.54, 1.807) is 6.07 Å². The van der Waals surface area contributed by atoms with Crippen LogP contribution in [0.3, 0.4) is 0 Å². The fourth-order valence-electron chi connectivity index (χ4n) is 2.37. The molecular formula is C13H17FN2O. The van der Waals surface area contributed by atoms with Crippen LogP contribution in [0.2, 0.25) is 0 Å². The molecule has 1 amide bonds. The van der Waals surface area contributed by atoms with E-state index in [2.05, 4.69) is 17.1 Å². The Kier molecular flexibility index (Phi) is 3.61. The number of piperidine rings is 1. The maximum atomic E-state index is 13.1. The quantitative estimate of drug-likeness (QED) is 0.818. The first-order valence-corrected chi connectivity index (χ1v) is 5.95. The average Bonchev–Trinajstić information content (AvgIpc) is 2.29. The maximum absolute atomic E-state index is 13.1. The first-order chi connectivity index (χ1) is 8.20. The second kappa shape index (κ2) is 5.17. The van der Waals surface area contributed by atoms with E-state index in [0.717, 1.165) is 25.2 Å². The van der Waals surface area contributed by atoms with E-state index in [-0.39, 0.29) is 5.82 Å². The van der Waals surface area contributed by atoms with Gasteiger partial charge in [0.15, 0.2) is 0 Å². The van der Waals surface area contributed by atoms with Gasteiger partial charge >= 0.3 is 0 Å². The second-order valence-corrected chi connectivity index (χ2v) is 4.62. The zero-order valence-electron chi connectivity index (χ0n) is 9.95. The lowest BCUT2D eigenvalue weighted by Crippen LogP contribution is -2.34. The highest BCUT2D eigenvalue weighted by Gasteiger charge is 2.19. The summed E-state index contributed by atoms with van der Waals surface area (Å²) in [4.78, 5) is 12.7. The van der Waals surface area contributed by atoms with Crippen molar-refractivity contribution in [3.05, 3.63) is 24.0 Å². The number of carbonyl (C=O) groups is 1. The van der Waals surface area contributed by atoms with Gasteiger partial charge < -0.3 is 10.2 Å². The molecule has 1 aromatic carbocycles. The predicted octanol–water partition coefficient (Wildman–Crippen LogP) is 2.63. The molecule has 1 saturated heterocycles. The van der Waals surface area contributed by atoms with Gasteiger partial charge in [0.2, 0.25) is 6.41 Å². The van der Waals surface area contributed by atoms with E-state index in [4.69, 9.17) is 0 Å². The van der Waals surface area contributed by atoms with Gasteiger partial charge in [0.1, 0.15) is 5.82 Å². The van der Waals surface area contributed by atoms with E-state index in [9.17, 15) is 9.18 Å². The Balaban J connectivity index is 2.26. The van der Waals surface area contributed by atoms with E-state index in [1.165, 1.54) is 18.6 Å². The van der Waals surface area contributed by atoms with E-state index in [0.29, 0.717) is 18.0 Å². The zero-order chi connectivity index (χ0) is 12.3. The van der Waals surface area contributed by atoms with Crippen LogP contribution in [0.15, 0.2) is 18.2 Å². The average molecular weight is 236 g/mol. The summed E-state index contributed by atoms with van der Waals surface area (Å²) in [5, 5.41) is 2.57. The summed E-state index contributed by atoms with van der Waals surface area (Å²) in [6.07, 6.45) is 2.96. The fraction of sp³-hybridized carbons (Fsp3) is 0.462. The van der Waals surface area contributed by atoms with Gasteiger partial charge in [-0.05, 0) is 37.0 Å². The molecule has 92 valence electrons. The Morgan fingerprint density at radius 1 is 1.53 bits per heavy atom. The maximum Gasteiger partial charge on any atom is 0.211 e. The molecule has 1 aliphatic rings. The predicted molar refractivity (Wildman–Crippen MR) is 66.7 cm³/mol. The number of benzene rings is 1. The van der Waals surface area contributed by atoms with Crippen LogP contribution >= 0.6 is 0 Å². The molecule has 0 radical (unpaired) electrons. The van der Waals surface area contributed by atoms with Crippen LogP contribution in [0, 0.1) is 11.7 Å². The van der Waals surface area contributed by atoms with Gasteiger partial charge in [0.25, 0.3) is 0 Å². The van der Waals surface area contributed by atoms with Gasteiger partial charge in [0.05, 0.1) is 11.4 Å². The molecule has 0 spiro atoms. The van der Waals surface area contributed by atoms with Crippen molar-refractivity contribution >= 4 is 17.8 Å². The molecule has 17 heavy (non-hydrogen) atoms. The van der Waals surface area contributed by atoms with Crippen molar-refractivity contribution in [3.63, 3.8) is 0 Å². The number of amides is 1. The Labute approximate surface area is 101 Å². The van der Waals surface area contributed by atoms with Crippen molar-refractivity contribution in [1.82, 2.24) is 0 Å². The smallest absolute Gasteiger partial charge is 0.211 e. The molecule has 1 unspecified atom stereocenters. The van der Waals surface area contributed by atoms with Crippen LogP contribution in [0.4, 0.5) is 15.8 Å². The van der Waals surface area contributed by atoms with Gasteiger partial charge in [-0.25, -0.2) is 4.39 Å². The SMILES string of the molecule is CC1CCCN(c2ccc(F)cc2NC=O)C1. The Bertz CT molecular complexity index is 408. The third-order valence-electron chi connectivity index (χ3n) is 3.17. The number of hydrogen-bond acceptors (Lipinski definition) is 2. The lowest BCUT2D eigenvalue weighted by Gasteiger charge is -2.33. The number of hydrogen-bond donors (Lipinski definition) is 1. The van der Waals surface area contributed by atoms with Crippen LogP contribution in [0.5, 0.6) is 0 Å². The van der Waals surface area contributed by atoms with Crippen molar-refractivity contribution in [2.75, 3.05) is 23.3 Å². The molecule has 1 aliphatic heterocycles. The van der Waals surface area contributed by atoms with Gasteiger partial charge in [0, 0.05) is 13.1 Å². The Morgan fingerprint density at radius 3 is 3.06 bits per heavy atom. The number of anilines is 2. The van der Waals surface area contributed by atoms with E-state index in [1.807, 2.05) is 0 Å². The molecule has 1 atom stereocenters. The molecule has 2 rings (SSSR count). The highest BCUT2D eigenvalue weighted by atomic mass is 19.1. The Morgan fingerprint density at radius 2 is 2.35 bits per heavy atom. The van der Waals surface area contributed by atoms with Gasteiger partial charge in [-0.3, -0.25) is 4.79 Å². The van der Waals surface area contributed by atoms with Crippen LogP contribution < -0.4 is 10.2 Å². The summed E-state index contributed by atoms with van der Waals surface area (Å²) in [7, 11) is 0.